The van der Waals surface area contributed by atoms with Gasteiger partial charge in [0.2, 0.25) is 17.5 Å². The Kier molecular flexibility index (Phi) is 5.33. The summed E-state index contributed by atoms with van der Waals surface area (Å²) in [5, 5.41) is 2.85. The molecule has 0 unspecified atom stereocenters. The van der Waals surface area contributed by atoms with Gasteiger partial charge in [-0.2, -0.15) is 19.6 Å². The Morgan fingerprint density at radius 3 is 2.19 bits per heavy atom. The summed E-state index contributed by atoms with van der Waals surface area (Å²) in [7, 11) is 4.02. The Bertz CT molecular complexity index is 553. The molecule has 7 nitrogen and oxygen atoms in total. The third-order valence-electron chi connectivity index (χ3n) is 6.57. The van der Waals surface area contributed by atoms with Crippen LogP contribution in [0.1, 0.15) is 45.4 Å². The molecule has 1 amide bonds. The molecule has 152 valence electrons. The first-order valence-electron chi connectivity index (χ1n) is 10.2. The van der Waals surface area contributed by atoms with E-state index >= 15 is 0 Å². The van der Waals surface area contributed by atoms with Gasteiger partial charge >= 0.3 is 0 Å². The van der Waals surface area contributed by atoms with Crippen molar-refractivity contribution in [2.75, 3.05) is 27.2 Å². The molecule has 5 rings (SSSR count). The minimum Gasteiger partial charge on any atom is -0.353 e. The van der Waals surface area contributed by atoms with Gasteiger partial charge in [-0.05, 0) is 84.0 Å². The van der Waals surface area contributed by atoms with E-state index in [9.17, 15) is 4.79 Å². The van der Waals surface area contributed by atoms with Crippen LogP contribution < -0.4 is 5.32 Å². The summed E-state index contributed by atoms with van der Waals surface area (Å²) in [6.45, 7) is 3.25. The first kappa shape index (κ1) is 19.3. The molecule has 5 fully saturated rings. The van der Waals surface area contributed by atoms with Crippen molar-refractivity contribution in [1.29, 1.82) is 0 Å². The Labute approximate surface area is 161 Å². The van der Waals surface area contributed by atoms with Crippen LogP contribution in [0, 0.1) is 23.7 Å². The number of rotatable bonds is 6. The van der Waals surface area contributed by atoms with E-state index in [-0.39, 0.29) is 5.91 Å². The van der Waals surface area contributed by atoms with E-state index in [2.05, 4.69) is 10.2 Å². The van der Waals surface area contributed by atoms with Crippen LogP contribution in [0.4, 0.5) is 0 Å². The Morgan fingerprint density at radius 2 is 1.63 bits per heavy atom. The van der Waals surface area contributed by atoms with Crippen LogP contribution >= 0.6 is 0 Å². The van der Waals surface area contributed by atoms with Crippen LogP contribution in [0.25, 0.3) is 0 Å². The quantitative estimate of drug-likeness (QED) is 0.434. The van der Waals surface area contributed by atoms with Crippen molar-refractivity contribution in [3.8, 4) is 0 Å². The molecule has 1 aliphatic heterocycles. The molecule has 1 saturated heterocycles. The second-order valence-corrected chi connectivity index (χ2v) is 9.16. The predicted molar refractivity (Wildman–Crippen MR) is 97.8 cm³/mol. The smallest absolute Gasteiger partial charge is 0.250 e. The fraction of sp³-hybridized carbons (Fsp3) is 0.850. The summed E-state index contributed by atoms with van der Waals surface area (Å²) in [6.07, 6.45) is 9.71. The molecule has 4 saturated carbocycles. The van der Waals surface area contributed by atoms with Crippen LogP contribution in [0.5, 0.6) is 0 Å². The highest BCUT2D eigenvalue weighted by atomic mass is 17.4. The average molecular weight is 380 g/mol. The molecule has 5 aliphatic rings. The second-order valence-electron chi connectivity index (χ2n) is 9.16. The molecular formula is C20H32N2O5. The Balaban J connectivity index is 1.29. The van der Waals surface area contributed by atoms with Gasteiger partial charge in [-0.15, -0.1) is 0 Å². The maximum absolute atomic E-state index is 12.0. The fourth-order valence-corrected chi connectivity index (χ4v) is 5.39. The largest absolute Gasteiger partial charge is 0.353 e. The topological polar surface area (TPSA) is 69.3 Å². The monoisotopic (exact) mass is 380 g/mol. The average Bonchev–Trinajstić information content (AvgIpc) is 2.63. The van der Waals surface area contributed by atoms with Crippen molar-refractivity contribution in [3.05, 3.63) is 12.2 Å². The lowest BCUT2D eigenvalue weighted by molar-refractivity contribution is -0.666. The van der Waals surface area contributed by atoms with Crippen molar-refractivity contribution in [2.24, 2.45) is 23.7 Å². The summed E-state index contributed by atoms with van der Waals surface area (Å²) in [5.74, 6) is 0.0990. The van der Waals surface area contributed by atoms with Crippen LogP contribution in [0.15, 0.2) is 12.2 Å². The molecule has 0 atom stereocenters. The number of amides is 1. The van der Waals surface area contributed by atoms with Crippen LogP contribution in [-0.2, 0) is 24.3 Å². The van der Waals surface area contributed by atoms with Gasteiger partial charge in [-0.3, -0.25) is 4.79 Å². The highest BCUT2D eigenvalue weighted by molar-refractivity contribution is 5.87. The minimum absolute atomic E-state index is 0.183. The fourth-order valence-electron chi connectivity index (χ4n) is 5.39. The van der Waals surface area contributed by atoms with Crippen molar-refractivity contribution >= 4 is 5.91 Å². The third kappa shape index (κ3) is 3.93. The van der Waals surface area contributed by atoms with Crippen LogP contribution in [-0.4, -0.2) is 49.6 Å². The van der Waals surface area contributed by atoms with Crippen molar-refractivity contribution in [1.82, 2.24) is 10.2 Å². The summed E-state index contributed by atoms with van der Waals surface area (Å²) in [5.41, 5.74) is 0. The van der Waals surface area contributed by atoms with Gasteiger partial charge < -0.3 is 10.2 Å². The van der Waals surface area contributed by atoms with Gasteiger partial charge in [0, 0.05) is 24.5 Å². The lowest BCUT2D eigenvalue weighted by Crippen LogP contribution is -2.64. The number of carbonyl (C=O) groups is 1. The Hall–Kier alpha value is -0.990. The predicted octanol–water partition coefficient (Wildman–Crippen LogP) is 2.39. The van der Waals surface area contributed by atoms with Gasteiger partial charge in [0.25, 0.3) is 0 Å². The van der Waals surface area contributed by atoms with Gasteiger partial charge in [0.15, 0.2) is 0 Å². The molecule has 0 radical (unpaired) electrons. The van der Waals surface area contributed by atoms with Crippen LogP contribution in [0.3, 0.4) is 0 Å². The van der Waals surface area contributed by atoms with Gasteiger partial charge in [0.1, 0.15) is 0 Å². The zero-order valence-corrected chi connectivity index (χ0v) is 16.6. The lowest BCUT2D eigenvalue weighted by atomic mass is 9.53. The summed E-state index contributed by atoms with van der Waals surface area (Å²) < 4.78 is 0. The van der Waals surface area contributed by atoms with E-state index in [0.29, 0.717) is 18.4 Å². The first-order chi connectivity index (χ1) is 12.9. The number of nitrogens with zero attached hydrogens (tertiary/aromatic N) is 1. The normalized spacial score (nSPS) is 43.1. The Morgan fingerprint density at radius 1 is 1.04 bits per heavy atom. The number of nitrogens with one attached hydrogen (secondary N) is 1. The lowest BCUT2D eigenvalue weighted by Gasteiger charge is -2.59. The van der Waals surface area contributed by atoms with E-state index in [1.807, 2.05) is 14.1 Å². The van der Waals surface area contributed by atoms with E-state index in [4.69, 9.17) is 19.6 Å². The second kappa shape index (κ2) is 7.44. The summed E-state index contributed by atoms with van der Waals surface area (Å²) in [6, 6.07) is 0. The van der Waals surface area contributed by atoms with Gasteiger partial charge in [-0.25, -0.2) is 0 Å². The molecule has 1 heterocycles. The van der Waals surface area contributed by atoms with Crippen molar-refractivity contribution < 1.29 is 24.3 Å². The van der Waals surface area contributed by atoms with Crippen molar-refractivity contribution in [2.45, 2.75) is 57.0 Å². The number of carbonyl (C=O) groups excluding carboxylic acids is 1. The molecule has 4 bridgehead atoms. The summed E-state index contributed by atoms with van der Waals surface area (Å²) >= 11 is 0. The highest BCUT2D eigenvalue weighted by Crippen LogP contribution is 2.61. The third-order valence-corrected chi connectivity index (χ3v) is 6.57. The van der Waals surface area contributed by atoms with E-state index in [1.165, 1.54) is 18.6 Å². The number of hydrogen-bond acceptors (Lipinski definition) is 6. The SMILES string of the molecule is CN(C)CCCNC(=O)C=CC1(C)OOC2(OO1)[C@H]1C[C@@H]3C[C@@H](C[C@H]2C3)C1. The molecule has 1 N–H and O–H groups in total. The standard InChI is InChI=1S/C20H32N2O5/c1-19(6-5-18(23)21-7-4-8-22(2)3)24-26-20(27-25-19)16-10-14-9-15(12-16)13-17(20)11-14/h5-6,14-17H,4,7-13H2,1-3H3,(H,21,23)/t14-,15+,16-,17+,19?,20?. The molecule has 27 heavy (non-hydrogen) atoms. The number of hydrogen-bond donors (Lipinski definition) is 1. The molecule has 0 aromatic heterocycles. The van der Waals surface area contributed by atoms with E-state index < -0.39 is 11.6 Å². The maximum atomic E-state index is 12.0. The van der Waals surface area contributed by atoms with Crippen LogP contribution in [0.2, 0.25) is 0 Å². The van der Waals surface area contributed by atoms with Crippen molar-refractivity contribution in [3.63, 3.8) is 0 Å². The molecule has 4 aliphatic carbocycles. The molecule has 1 spiro atoms. The zero-order valence-electron chi connectivity index (χ0n) is 16.6. The molecule has 0 aromatic carbocycles. The molecule has 0 aromatic rings. The first-order valence-corrected chi connectivity index (χ1v) is 10.2. The zero-order chi connectivity index (χ0) is 19.1. The van der Waals surface area contributed by atoms with E-state index in [1.54, 1.807) is 6.92 Å². The molecular weight excluding hydrogens is 348 g/mol. The minimum atomic E-state index is -1.22. The van der Waals surface area contributed by atoms with Gasteiger partial charge in [-0.1, -0.05) is 0 Å². The molecule has 7 heteroatoms. The summed E-state index contributed by atoms with van der Waals surface area (Å²) in [4.78, 5) is 37.1. The maximum Gasteiger partial charge on any atom is 0.250 e. The highest BCUT2D eigenvalue weighted by Gasteiger charge is 2.63. The van der Waals surface area contributed by atoms with Gasteiger partial charge in [0.05, 0.1) is 0 Å². The van der Waals surface area contributed by atoms with E-state index in [0.717, 1.165) is 50.5 Å².